The molecule has 0 unspecified atom stereocenters. The van der Waals surface area contributed by atoms with Gasteiger partial charge < -0.3 is 5.32 Å². The molecule has 23 heavy (non-hydrogen) atoms. The van der Waals surface area contributed by atoms with E-state index in [2.05, 4.69) is 5.32 Å². The predicted octanol–water partition coefficient (Wildman–Crippen LogP) is 3.91. The van der Waals surface area contributed by atoms with Gasteiger partial charge in [0.1, 0.15) is 0 Å². The quantitative estimate of drug-likeness (QED) is 0.909. The number of carbonyl (C=O) groups is 1. The molecule has 0 saturated carbocycles. The maximum atomic E-state index is 12.4. The van der Waals surface area contributed by atoms with Crippen LogP contribution < -0.4 is 5.32 Å². The summed E-state index contributed by atoms with van der Waals surface area (Å²) in [5.41, 5.74) is 2.92. The van der Waals surface area contributed by atoms with Crippen molar-refractivity contribution in [2.45, 2.75) is 39.3 Å². The third kappa shape index (κ3) is 5.86. The minimum atomic E-state index is -4.09. The Morgan fingerprint density at radius 2 is 1.91 bits per heavy atom. The second-order valence-corrected chi connectivity index (χ2v) is 6.41. The van der Waals surface area contributed by atoms with E-state index in [1.165, 1.54) is 0 Å². The molecular formula is C17H23F3N2O. The Kier molecular flexibility index (Phi) is 5.68. The molecule has 1 aromatic rings. The molecule has 1 aliphatic heterocycles. The van der Waals surface area contributed by atoms with Gasteiger partial charge in [-0.2, -0.15) is 13.2 Å². The first-order valence-corrected chi connectivity index (χ1v) is 7.89. The van der Waals surface area contributed by atoms with Crippen LogP contribution in [0.3, 0.4) is 0 Å². The molecule has 6 heteroatoms. The summed E-state index contributed by atoms with van der Waals surface area (Å²) in [6, 6.07) is 5.81. The summed E-state index contributed by atoms with van der Waals surface area (Å²) in [6.07, 6.45) is -3.81. The zero-order chi connectivity index (χ0) is 17.0. The number of carbonyl (C=O) groups excluding carboxylic acids is 1. The number of aryl methyl sites for hydroxylation is 2. The predicted molar refractivity (Wildman–Crippen MR) is 84.4 cm³/mol. The average molecular weight is 328 g/mol. The molecule has 0 aromatic heterocycles. The van der Waals surface area contributed by atoms with Crippen LogP contribution in [-0.4, -0.2) is 36.6 Å². The first-order chi connectivity index (χ1) is 10.7. The number of alkyl halides is 3. The van der Waals surface area contributed by atoms with Crippen molar-refractivity contribution in [1.82, 2.24) is 4.90 Å². The van der Waals surface area contributed by atoms with Gasteiger partial charge in [0.25, 0.3) is 0 Å². The topological polar surface area (TPSA) is 32.3 Å². The number of benzene rings is 1. The van der Waals surface area contributed by atoms with Crippen molar-refractivity contribution in [3.8, 4) is 0 Å². The van der Waals surface area contributed by atoms with E-state index in [0.717, 1.165) is 16.8 Å². The zero-order valence-corrected chi connectivity index (χ0v) is 13.5. The minimum absolute atomic E-state index is 0.119. The molecule has 1 aliphatic rings. The lowest BCUT2D eigenvalue weighted by atomic mass is 9.93. The van der Waals surface area contributed by atoms with Crippen LogP contribution in [0.5, 0.6) is 0 Å². The fraction of sp³-hybridized carbons (Fsp3) is 0.588. The summed E-state index contributed by atoms with van der Waals surface area (Å²) in [5.74, 6) is -0.431. The summed E-state index contributed by atoms with van der Waals surface area (Å²) < 4.78 is 37.1. The first-order valence-electron chi connectivity index (χ1n) is 7.89. The number of anilines is 1. The molecule has 0 bridgehead atoms. The van der Waals surface area contributed by atoms with Crippen molar-refractivity contribution >= 4 is 11.6 Å². The summed E-state index contributed by atoms with van der Waals surface area (Å²) in [6.45, 7) is 5.24. The van der Waals surface area contributed by atoms with Gasteiger partial charge in [-0.05, 0) is 57.3 Å². The van der Waals surface area contributed by atoms with Crippen LogP contribution >= 0.6 is 0 Å². The number of hydrogen-bond acceptors (Lipinski definition) is 2. The molecular weight excluding hydrogens is 305 g/mol. The van der Waals surface area contributed by atoms with Gasteiger partial charge in [-0.25, -0.2) is 0 Å². The molecule has 1 fully saturated rings. The van der Waals surface area contributed by atoms with Crippen molar-refractivity contribution in [1.29, 1.82) is 0 Å². The molecule has 0 aliphatic carbocycles. The van der Waals surface area contributed by atoms with E-state index in [9.17, 15) is 18.0 Å². The van der Waals surface area contributed by atoms with Crippen LogP contribution in [0.2, 0.25) is 0 Å². The number of piperidine rings is 1. The second kappa shape index (κ2) is 7.34. The fourth-order valence-electron chi connectivity index (χ4n) is 3.02. The van der Waals surface area contributed by atoms with Crippen molar-refractivity contribution in [2.75, 3.05) is 25.0 Å². The standard InChI is InChI=1S/C17H23F3N2O/c1-12-3-4-15(13(2)9-12)21-16(23)11-22-7-5-14(6-8-22)10-17(18,19)20/h3-4,9,14H,5-8,10-11H2,1-2H3,(H,21,23). The molecule has 1 N–H and O–H groups in total. The molecule has 128 valence electrons. The van der Waals surface area contributed by atoms with Gasteiger partial charge in [-0.15, -0.1) is 0 Å². The lowest BCUT2D eigenvalue weighted by molar-refractivity contribution is -0.147. The smallest absolute Gasteiger partial charge is 0.325 e. The Morgan fingerprint density at radius 1 is 1.26 bits per heavy atom. The first kappa shape index (κ1) is 17.8. The lowest BCUT2D eigenvalue weighted by Crippen LogP contribution is -2.40. The van der Waals surface area contributed by atoms with Gasteiger partial charge in [-0.1, -0.05) is 17.7 Å². The van der Waals surface area contributed by atoms with Gasteiger partial charge in [0.2, 0.25) is 5.91 Å². The third-order valence-electron chi connectivity index (χ3n) is 4.25. The normalized spacial score (nSPS) is 17.3. The fourth-order valence-corrected chi connectivity index (χ4v) is 3.02. The monoisotopic (exact) mass is 328 g/mol. The van der Waals surface area contributed by atoms with Crippen molar-refractivity contribution in [3.63, 3.8) is 0 Å². The highest BCUT2D eigenvalue weighted by molar-refractivity contribution is 5.93. The molecule has 1 heterocycles. The Labute approximate surface area is 134 Å². The van der Waals surface area contributed by atoms with E-state index in [1.807, 2.05) is 36.9 Å². The Morgan fingerprint density at radius 3 is 2.48 bits per heavy atom. The zero-order valence-electron chi connectivity index (χ0n) is 13.5. The molecule has 3 nitrogen and oxygen atoms in total. The van der Waals surface area contributed by atoms with Gasteiger partial charge in [0, 0.05) is 12.1 Å². The van der Waals surface area contributed by atoms with Crippen LogP contribution in [0.4, 0.5) is 18.9 Å². The van der Waals surface area contributed by atoms with E-state index in [-0.39, 0.29) is 18.4 Å². The second-order valence-electron chi connectivity index (χ2n) is 6.41. The highest BCUT2D eigenvalue weighted by Gasteiger charge is 2.33. The van der Waals surface area contributed by atoms with Gasteiger partial charge in [-0.3, -0.25) is 9.69 Å². The van der Waals surface area contributed by atoms with E-state index in [4.69, 9.17) is 0 Å². The average Bonchev–Trinajstić information content (AvgIpc) is 2.42. The highest BCUT2D eigenvalue weighted by Crippen LogP contribution is 2.30. The summed E-state index contributed by atoms with van der Waals surface area (Å²) >= 11 is 0. The van der Waals surface area contributed by atoms with E-state index >= 15 is 0 Å². The molecule has 1 saturated heterocycles. The number of rotatable bonds is 4. The van der Waals surface area contributed by atoms with Crippen LogP contribution in [0.15, 0.2) is 18.2 Å². The summed E-state index contributed by atoms with van der Waals surface area (Å²) in [4.78, 5) is 14.0. The van der Waals surface area contributed by atoms with Gasteiger partial charge >= 0.3 is 6.18 Å². The SMILES string of the molecule is Cc1ccc(NC(=O)CN2CCC(CC(F)(F)F)CC2)c(C)c1. The lowest BCUT2D eigenvalue weighted by Gasteiger charge is -2.31. The summed E-state index contributed by atoms with van der Waals surface area (Å²) in [5, 5.41) is 2.87. The number of nitrogens with zero attached hydrogens (tertiary/aromatic N) is 1. The maximum Gasteiger partial charge on any atom is 0.389 e. The van der Waals surface area contributed by atoms with E-state index in [1.54, 1.807) is 0 Å². The van der Waals surface area contributed by atoms with E-state index < -0.39 is 12.6 Å². The third-order valence-corrected chi connectivity index (χ3v) is 4.25. The van der Waals surface area contributed by atoms with E-state index in [0.29, 0.717) is 25.9 Å². The van der Waals surface area contributed by atoms with Gasteiger partial charge in [0.05, 0.1) is 6.54 Å². The number of hydrogen-bond donors (Lipinski definition) is 1. The molecule has 2 rings (SSSR count). The number of nitrogens with one attached hydrogen (secondary N) is 1. The van der Waals surface area contributed by atoms with Crippen LogP contribution in [0.1, 0.15) is 30.4 Å². The minimum Gasteiger partial charge on any atom is -0.325 e. The molecule has 1 amide bonds. The molecule has 0 atom stereocenters. The Hall–Kier alpha value is -1.56. The maximum absolute atomic E-state index is 12.4. The van der Waals surface area contributed by atoms with Crippen LogP contribution in [0.25, 0.3) is 0 Å². The van der Waals surface area contributed by atoms with Crippen molar-refractivity contribution < 1.29 is 18.0 Å². The van der Waals surface area contributed by atoms with Crippen LogP contribution in [-0.2, 0) is 4.79 Å². The largest absolute Gasteiger partial charge is 0.389 e. The number of likely N-dealkylation sites (tertiary alicyclic amines) is 1. The molecule has 0 radical (unpaired) electrons. The Balaban J connectivity index is 1.79. The molecule has 1 aromatic carbocycles. The van der Waals surface area contributed by atoms with Crippen LogP contribution in [0, 0.1) is 19.8 Å². The molecule has 0 spiro atoms. The van der Waals surface area contributed by atoms with Crippen molar-refractivity contribution in [2.24, 2.45) is 5.92 Å². The highest BCUT2D eigenvalue weighted by atomic mass is 19.4. The summed E-state index contributed by atoms with van der Waals surface area (Å²) in [7, 11) is 0. The van der Waals surface area contributed by atoms with Crippen molar-refractivity contribution in [3.05, 3.63) is 29.3 Å². The van der Waals surface area contributed by atoms with Gasteiger partial charge in [0.15, 0.2) is 0 Å². The Bertz CT molecular complexity index is 549. The number of halogens is 3. The number of amides is 1.